The molecule has 0 atom stereocenters. The standard InChI is InChI=1S/C16H26N4O2.HI/c1-4-18-16(19-10-11-22-5-2)20-12-13-6-8-14(9-7-13)15(21)17-3;/h6-9H,4-5,10-12H2,1-3H3,(H,17,21)(H2,18,19,20);1H. The Morgan fingerprint density at radius 3 is 2.43 bits per heavy atom. The fourth-order valence-electron chi connectivity index (χ4n) is 1.80. The molecule has 0 heterocycles. The van der Waals surface area contributed by atoms with Crippen molar-refractivity contribution in [3.05, 3.63) is 35.4 Å². The first-order valence-corrected chi connectivity index (χ1v) is 7.62. The Kier molecular flexibility index (Phi) is 12.4. The molecule has 0 fully saturated rings. The lowest BCUT2D eigenvalue weighted by atomic mass is 10.1. The van der Waals surface area contributed by atoms with Gasteiger partial charge in [-0.1, -0.05) is 12.1 Å². The van der Waals surface area contributed by atoms with Gasteiger partial charge in [-0.05, 0) is 31.5 Å². The first kappa shape index (κ1) is 21.6. The highest BCUT2D eigenvalue weighted by Crippen LogP contribution is 2.05. The largest absolute Gasteiger partial charge is 0.380 e. The van der Waals surface area contributed by atoms with Crippen LogP contribution in [0.4, 0.5) is 0 Å². The SMILES string of the molecule is CCNC(=NCc1ccc(C(=O)NC)cc1)NCCOCC.I. The molecule has 1 aromatic rings. The van der Waals surface area contributed by atoms with Gasteiger partial charge in [0.2, 0.25) is 0 Å². The lowest BCUT2D eigenvalue weighted by molar-refractivity contribution is 0.0963. The van der Waals surface area contributed by atoms with Gasteiger partial charge in [0.05, 0.1) is 13.2 Å². The van der Waals surface area contributed by atoms with Crippen LogP contribution < -0.4 is 16.0 Å². The molecule has 7 heteroatoms. The molecule has 1 aromatic carbocycles. The number of rotatable bonds is 8. The van der Waals surface area contributed by atoms with Crippen molar-refractivity contribution in [2.45, 2.75) is 20.4 Å². The van der Waals surface area contributed by atoms with Crippen molar-refractivity contribution in [1.82, 2.24) is 16.0 Å². The number of benzene rings is 1. The number of aliphatic imine (C=N–C) groups is 1. The van der Waals surface area contributed by atoms with Gasteiger partial charge in [-0.3, -0.25) is 4.79 Å². The van der Waals surface area contributed by atoms with E-state index in [1.165, 1.54) is 0 Å². The zero-order valence-corrected chi connectivity index (χ0v) is 16.3. The molecule has 1 amide bonds. The molecule has 130 valence electrons. The number of guanidine groups is 1. The van der Waals surface area contributed by atoms with Crippen LogP contribution in [0.25, 0.3) is 0 Å². The zero-order valence-electron chi connectivity index (χ0n) is 14.0. The molecule has 0 unspecified atom stereocenters. The van der Waals surface area contributed by atoms with Crippen LogP contribution in [0, 0.1) is 0 Å². The van der Waals surface area contributed by atoms with Crippen LogP contribution in [0.5, 0.6) is 0 Å². The zero-order chi connectivity index (χ0) is 16.2. The monoisotopic (exact) mass is 434 g/mol. The summed E-state index contributed by atoms with van der Waals surface area (Å²) < 4.78 is 5.29. The summed E-state index contributed by atoms with van der Waals surface area (Å²) in [7, 11) is 1.62. The molecular weight excluding hydrogens is 407 g/mol. The molecule has 0 aliphatic heterocycles. The van der Waals surface area contributed by atoms with Crippen LogP contribution >= 0.6 is 24.0 Å². The number of nitrogens with zero attached hydrogens (tertiary/aromatic N) is 1. The minimum absolute atomic E-state index is 0. The molecular formula is C16H27IN4O2. The highest BCUT2D eigenvalue weighted by Gasteiger charge is 2.02. The number of hydrogen-bond acceptors (Lipinski definition) is 3. The molecule has 0 aliphatic carbocycles. The number of carbonyl (C=O) groups is 1. The summed E-state index contributed by atoms with van der Waals surface area (Å²) in [6.45, 7) is 7.44. The van der Waals surface area contributed by atoms with Crippen molar-refractivity contribution in [2.24, 2.45) is 4.99 Å². The second-order valence-corrected chi connectivity index (χ2v) is 4.59. The maximum atomic E-state index is 11.5. The Hall–Kier alpha value is -1.35. The van der Waals surface area contributed by atoms with Gasteiger partial charge in [-0.25, -0.2) is 4.99 Å². The average molecular weight is 434 g/mol. The van der Waals surface area contributed by atoms with Crippen molar-refractivity contribution in [2.75, 3.05) is 33.4 Å². The minimum Gasteiger partial charge on any atom is -0.380 e. The third kappa shape index (κ3) is 8.75. The van der Waals surface area contributed by atoms with E-state index in [0.29, 0.717) is 25.3 Å². The number of hydrogen-bond donors (Lipinski definition) is 3. The van der Waals surface area contributed by atoms with E-state index in [1.807, 2.05) is 26.0 Å². The maximum absolute atomic E-state index is 11.5. The number of carbonyl (C=O) groups excluding carboxylic acids is 1. The van der Waals surface area contributed by atoms with Crippen molar-refractivity contribution < 1.29 is 9.53 Å². The topological polar surface area (TPSA) is 74.8 Å². The average Bonchev–Trinajstić information content (AvgIpc) is 2.56. The molecule has 1 rings (SSSR count). The first-order valence-electron chi connectivity index (χ1n) is 7.62. The van der Waals surface area contributed by atoms with E-state index in [4.69, 9.17) is 4.74 Å². The summed E-state index contributed by atoms with van der Waals surface area (Å²) in [6, 6.07) is 7.44. The smallest absolute Gasteiger partial charge is 0.251 e. The second-order valence-electron chi connectivity index (χ2n) is 4.59. The molecule has 0 saturated carbocycles. The second kappa shape index (κ2) is 13.1. The molecule has 0 bridgehead atoms. The lowest BCUT2D eigenvalue weighted by Gasteiger charge is -2.11. The molecule has 0 aliphatic rings. The van der Waals surface area contributed by atoms with E-state index in [-0.39, 0.29) is 29.9 Å². The van der Waals surface area contributed by atoms with Crippen LogP contribution in [0.3, 0.4) is 0 Å². The van der Waals surface area contributed by atoms with E-state index >= 15 is 0 Å². The number of halogens is 1. The molecule has 0 spiro atoms. The Balaban J connectivity index is 0.00000484. The molecule has 6 nitrogen and oxygen atoms in total. The van der Waals surface area contributed by atoms with Gasteiger partial charge in [0.15, 0.2) is 5.96 Å². The van der Waals surface area contributed by atoms with Gasteiger partial charge in [0.25, 0.3) is 5.91 Å². The van der Waals surface area contributed by atoms with E-state index in [2.05, 4.69) is 20.9 Å². The third-order valence-corrected chi connectivity index (χ3v) is 2.95. The summed E-state index contributed by atoms with van der Waals surface area (Å²) in [6.07, 6.45) is 0. The lowest BCUT2D eigenvalue weighted by Crippen LogP contribution is -2.39. The van der Waals surface area contributed by atoms with Crippen molar-refractivity contribution in [3.63, 3.8) is 0 Å². The quantitative estimate of drug-likeness (QED) is 0.252. The molecule has 0 aromatic heterocycles. The Morgan fingerprint density at radius 2 is 1.87 bits per heavy atom. The summed E-state index contributed by atoms with van der Waals surface area (Å²) in [5.41, 5.74) is 1.70. The van der Waals surface area contributed by atoms with Crippen LogP contribution in [-0.2, 0) is 11.3 Å². The van der Waals surface area contributed by atoms with Crippen molar-refractivity contribution in [1.29, 1.82) is 0 Å². The van der Waals surface area contributed by atoms with E-state index in [0.717, 1.165) is 24.6 Å². The van der Waals surface area contributed by atoms with Gasteiger partial charge in [-0.2, -0.15) is 0 Å². The number of nitrogens with one attached hydrogen (secondary N) is 3. The predicted octanol–water partition coefficient (Wildman–Crippen LogP) is 1.76. The molecule has 0 radical (unpaired) electrons. The first-order chi connectivity index (χ1) is 10.7. The maximum Gasteiger partial charge on any atom is 0.251 e. The highest BCUT2D eigenvalue weighted by atomic mass is 127. The van der Waals surface area contributed by atoms with Gasteiger partial charge in [0.1, 0.15) is 0 Å². The normalized spacial score (nSPS) is 10.7. The van der Waals surface area contributed by atoms with Crippen molar-refractivity contribution >= 4 is 35.8 Å². The Labute approximate surface area is 155 Å². The van der Waals surface area contributed by atoms with Crippen LogP contribution in [0.15, 0.2) is 29.3 Å². The summed E-state index contributed by atoms with van der Waals surface area (Å²) >= 11 is 0. The van der Waals surface area contributed by atoms with Crippen LogP contribution in [-0.4, -0.2) is 45.2 Å². The highest BCUT2D eigenvalue weighted by molar-refractivity contribution is 14.0. The Bertz CT molecular complexity index is 477. The predicted molar refractivity (Wildman–Crippen MR) is 105 cm³/mol. The van der Waals surface area contributed by atoms with E-state index in [1.54, 1.807) is 19.2 Å². The van der Waals surface area contributed by atoms with E-state index < -0.39 is 0 Å². The number of ether oxygens (including phenoxy) is 1. The van der Waals surface area contributed by atoms with E-state index in [9.17, 15) is 4.79 Å². The Morgan fingerprint density at radius 1 is 1.17 bits per heavy atom. The molecule has 23 heavy (non-hydrogen) atoms. The fraction of sp³-hybridized carbons (Fsp3) is 0.500. The van der Waals surface area contributed by atoms with Gasteiger partial charge in [-0.15, -0.1) is 24.0 Å². The third-order valence-electron chi connectivity index (χ3n) is 2.95. The van der Waals surface area contributed by atoms with Crippen LogP contribution in [0.1, 0.15) is 29.8 Å². The molecule has 0 saturated heterocycles. The van der Waals surface area contributed by atoms with Gasteiger partial charge < -0.3 is 20.7 Å². The van der Waals surface area contributed by atoms with Gasteiger partial charge in [0, 0.05) is 32.3 Å². The summed E-state index contributed by atoms with van der Waals surface area (Å²) in [5.74, 6) is 0.679. The van der Waals surface area contributed by atoms with Gasteiger partial charge >= 0.3 is 0 Å². The fourth-order valence-corrected chi connectivity index (χ4v) is 1.80. The van der Waals surface area contributed by atoms with Crippen LogP contribution in [0.2, 0.25) is 0 Å². The summed E-state index contributed by atoms with van der Waals surface area (Å²) in [4.78, 5) is 16.0. The van der Waals surface area contributed by atoms with Crippen molar-refractivity contribution in [3.8, 4) is 0 Å². The minimum atomic E-state index is -0.0824. The number of amides is 1. The molecule has 3 N–H and O–H groups in total. The summed E-state index contributed by atoms with van der Waals surface area (Å²) in [5, 5.41) is 9.00.